The summed E-state index contributed by atoms with van der Waals surface area (Å²) in [6.07, 6.45) is 0. The molecule has 1 rings (SSSR count). The van der Waals surface area contributed by atoms with Gasteiger partial charge in [-0.1, -0.05) is 37.9 Å². The predicted molar refractivity (Wildman–Crippen MR) is 52.3 cm³/mol. The summed E-state index contributed by atoms with van der Waals surface area (Å²) >= 11 is 5.76. The molecule has 0 aliphatic heterocycles. The Bertz CT molecular complexity index is 319. The lowest BCUT2D eigenvalue weighted by molar-refractivity contribution is 0.100. The van der Waals surface area contributed by atoms with E-state index in [4.69, 9.17) is 0 Å². The van der Waals surface area contributed by atoms with Crippen molar-refractivity contribution in [3.63, 3.8) is 0 Å². The first kappa shape index (κ1) is 10.8. The predicted octanol–water partition coefficient (Wildman–Crippen LogP) is 3.26. The quantitative estimate of drug-likeness (QED) is 0.605. The first-order valence-electron chi connectivity index (χ1n) is 3.30. The lowest BCUT2D eigenvalue weighted by Crippen LogP contribution is -2.11. The van der Waals surface area contributed by atoms with Crippen LogP contribution in [0.1, 0.15) is 10.4 Å². The molecular weight excluding hydrogens is 310 g/mol. The van der Waals surface area contributed by atoms with Crippen LogP contribution in [0.25, 0.3) is 0 Å². The van der Waals surface area contributed by atoms with Crippen molar-refractivity contribution in [1.82, 2.24) is 0 Å². The Balaban J connectivity index is 3.20. The number of ketones is 1. The van der Waals surface area contributed by atoms with E-state index in [1.165, 1.54) is 6.07 Å². The van der Waals surface area contributed by atoms with Crippen molar-refractivity contribution in [3.8, 4) is 0 Å². The SMILES string of the molecule is O=C(c1c(F)cccc1F)C(Br)Br. The molecule has 0 aliphatic rings. The molecule has 0 bridgehead atoms. The minimum Gasteiger partial charge on any atom is -0.292 e. The maximum atomic E-state index is 13.0. The minimum absolute atomic E-state index is 0.527. The van der Waals surface area contributed by atoms with Crippen LogP contribution < -0.4 is 0 Å². The van der Waals surface area contributed by atoms with Gasteiger partial charge in [0.25, 0.3) is 0 Å². The second-order valence-corrected chi connectivity index (χ2v) is 5.32. The molecule has 0 amide bonds. The molecule has 0 saturated carbocycles. The Morgan fingerprint density at radius 2 is 1.69 bits per heavy atom. The molecule has 13 heavy (non-hydrogen) atoms. The molecule has 0 radical (unpaired) electrons. The number of hydrogen-bond donors (Lipinski definition) is 0. The molecule has 0 fully saturated rings. The molecule has 0 spiro atoms. The third kappa shape index (κ3) is 2.34. The maximum Gasteiger partial charge on any atom is 0.193 e. The lowest BCUT2D eigenvalue weighted by atomic mass is 10.1. The van der Waals surface area contributed by atoms with Crippen molar-refractivity contribution in [3.05, 3.63) is 35.4 Å². The smallest absolute Gasteiger partial charge is 0.193 e. The van der Waals surface area contributed by atoms with Crippen LogP contribution in [0.15, 0.2) is 18.2 Å². The molecule has 1 nitrogen and oxygen atoms in total. The zero-order valence-corrected chi connectivity index (χ0v) is 9.40. The van der Waals surface area contributed by atoms with E-state index in [1.807, 2.05) is 0 Å². The Labute approximate surface area is 90.4 Å². The van der Waals surface area contributed by atoms with Crippen LogP contribution in [0.2, 0.25) is 0 Å². The Kier molecular flexibility index (Phi) is 3.55. The molecule has 0 atom stereocenters. The molecule has 0 aromatic heterocycles. The second kappa shape index (κ2) is 4.28. The fourth-order valence-corrected chi connectivity index (χ4v) is 1.30. The Morgan fingerprint density at radius 1 is 1.23 bits per heavy atom. The van der Waals surface area contributed by atoms with Crippen LogP contribution in [0.5, 0.6) is 0 Å². The van der Waals surface area contributed by atoms with Crippen molar-refractivity contribution in [2.75, 3.05) is 0 Å². The summed E-state index contributed by atoms with van der Waals surface area (Å²) in [6, 6.07) is 3.29. The van der Waals surface area contributed by atoms with E-state index in [2.05, 4.69) is 31.9 Å². The number of Topliss-reactive ketones (excluding diaryl/α,β-unsaturated/α-hetero) is 1. The molecule has 0 aliphatic carbocycles. The van der Waals surface area contributed by atoms with Crippen LogP contribution in [-0.4, -0.2) is 9.52 Å². The van der Waals surface area contributed by atoms with Crippen molar-refractivity contribution in [1.29, 1.82) is 0 Å². The molecule has 0 unspecified atom stereocenters. The van der Waals surface area contributed by atoms with Crippen molar-refractivity contribution in [2.24, 2.45) is 0 Å². The van der Waals surface area contributed by atoms with Gasteiger partial charge in [0.15, 0.2) is 5.78 Å². The van der Waals surface area contributed by atoms with Gasteiger partial charge in [0.1, 0.15) is 15.4 Å². The van der Waals surface area contributed by atoms with E-state index in [-0.39, 0.29) is 0 Å². The minimum atomic E-state index is -0.853. The second-order valence-electron chi connectivity index (χ2n) is 2.26. The van der Waals surface area contributed by atoms with Gasteiger partial charge >= 0.3 is 0 Å². The fourth-order valence-electron chi connectivity index (χ4n) is 0.842. The molecular formula is C8H4Br2F2O. The van der Waals surface area contributed by atoms with Gasteiger partial charge in [0, 0.05) is 0 Å². The first-order valence-corrected chi connectivity index (χ1v) is 5.13. The van der Waals surface area contributed by atoms with Crippen LogP contribution in [0.3, 0.4) is 0 Å². The number of carbonyl (C=O) groups excluding carboxylic acids is 1. The summed E-state index contributed by atoms with van der Waals surface area (Å²) in [5, 5.41) is 0. The van der Waals surface area contributed by atoms with Gasteiger partial charge in [-0.25, -0.2) is 8.78 Å². The van der Waals surface area contributed by atoms with Gasteiger partial charge in [-0.05, 0) is 12.1 Å². The van der Waals surface area contributed by atoms with Crippen LogP contribution in [0, 0.1) is 11.6 Å². The van der Waals surface area contributed by atoms with Gasteiger partial charge in [0.2, 0.25) is 0 Å². The zero-order chi connectivity index (χ0) is 10.0. The summed E-state index contributed by atoms with van der Waals surface area (Å²) in [4.78, 5) is 11.2. The zero-order valence-electron chi connectivity index (χ0n) is 6.23. The van der Waals surface area contributed by atoms with E-state index in [0.717, 1.165) is 12.1 Å². The van der Waals surface area contributed by atoms with Gasteiger partial charge in [0.05, 0.1) is 5.56 Å². The molecule has 5 heteroatoms. The fraction of sp³-hybridized carbons (Fsp3) is 0.125. The topological polar surface area (TPSA) is 17.1 Å². The number of alkyl halides is 2. The molecule has 1 aromatic rings. The average molecular weight is 314 g/mol. The van der Waals surface area contributed by atoms with E-state index < -0.39 is 26.7 Å². The Morgan fingerprint density at radius 3 is 2.08 bits per heavy atom. The lowest BCUT2D eigenvalue weighted by Gasteiger charge is -2.03. The molecule has 0 saturated heterocycles. The van der Waals surface area contributed by atoms with E-state index >= 15 is 0 Å². The van der Waals surface area contributed by atoms with Crippen molar-refractivity contribution in [2.45, 2.75) is 3.74 Å². The summed E-state index contributed by atoms with van der Waals surface area (Å²) in [7, 11) is 0. The highest BCUT2D eigenvalue weighted by molar-refractivity contribution is 9.25. The molecule has 70 valence electrons. The van der Waals surface area contributed by atoms with Gasteiger partial charge in [-0.3, -0.25) is 4.79 Å². The number of benzene rings is 1. The number of rotatable bonds is 2. The highest BCUT2D eigenvalue weighted by Gasteiger charge is 2.21. The standard InChI is InChI=1S/C8H4Br2F2O/c9-8(10)7(13)6-4(11)2-1-3-5(6)12/h1-3,8H. The van der Waals surface area contributed by atoms with Crippen LogP contribution >= 0.6 is 31.9 Å². The summed E-state index contributed by atoms with van der Waals surface area (Å²) in [6.45, 7) is 0. The highest BCUT2D eigenvalue weighted by atomic mass is 79.9. The van der Waals surface area contributed by atoms with E-state index in [1.54, 1.807) is 0 Å². The largest absolute Gasteiger partial charge is 0.292 e. The van der Waals surface area contributed by atoms with Crippen LogP contribution in [-0.2, 0) is 0 Å². The third-order valence-electron chi connectivity index (χ3n) is 1.41. The van der Waals surface area contributed by atoms with Gasteiger partial charge in [-0.2, -0.15) is 0 Å². The summed E-state index contributed by atoms with van der Waals surface area (Å²) < 4.78 is 25.1. The molecule has 0 heterocycles. The number of halogens is 4. The third-order valence-corrected chi connectivity index (χ3v) is 2.24. The van der Waals surface area contributed by atoms with Gasteiger partial charge in [-0.15, -0.1) is 0 Å². The average Bonchev–Trinajstić information content (AvgIpc) is 2.03. The van der Waals surface area contributed by atoms with E-state index in [0.29, 0.717) is 0 Å². The normalized spacial score (nSPS) is 10.5. The van der Waals surface area contributed by atoms with Gasteiger partial charge < -0.3 is 0 Å². The summed E-state index contributed by atoms with van der Waals surface area (Å²) in [5.41, 5.74) is -0.527. The molecule has 0 N–H and O–H groups in total. The van der Waals surface area contributed by atoms with Crippen molar-refractivity contribution >= 4 is 37.6 Å². The maximum absolute atomic E-state index is 13.0. The van der Waals surface area contributed by atoms with Crippen LogP contribution in [0.4, 0.5) is 8.78 Å². The number of hydrogen-bond acceptors (Lipinski definition) is 1. The monoisotopic (exact) mass is 312 g/mol. The van der Waals surface area contributed by atoms with Crippen molar-refractivity contribution < 1.29 is 13.6 Å². The van der Waals surface area contributed by atoms with E-state index in [9.17, 15) is 13.6 Å². The number of carbonyl (C=O) groups is 1. The molecule has 1 aromatic carbocycles. The highest BCUT2D eigenvalue weighted by Crippen LogP contribution is 2.20. The first-order chi connectivity index (χ1) is 6.04. The Hall–Kier alpha value is -0.290. The summed E-state index contributed by atoms with van der Waals surface area (Å²) in [5.74, 6) is -2.38.